The second kappa shape index (κ2) is 5.30. The summed E-state index contributed by atoms with van der Waals surface area (Å²) in [7, 11) is 4.79. The molecule has 0 unspecified atom stereocenters. The average Bonchev–Trinajstić information content (AvgIpc) is 2.82. The Hall–Kier alpha value is -1.69. The van der Waals surface area contributed by atoms with Crippen molar-refractivity contribution in [2.45, 2.75) is 0 Å². The summed E-state index contributed by atoms with van der Waals surface area (Å²) in [5.41, 5.74) is 1.50. The topological polar surface area (TPSA) is 56.4 Å². The summed E-state index contributed by atoms with van der Waals surface area (Å²) in [4.78, 5) is 7.22. The highest BCUT2D eigenvalue weighted by molar-refractivity contribution is 9.10. The van der Waals surface area contributed by atoms with Crippen LogP contribution in [0.1, 0.15) is 0 Å². The molecule has 1 aromatic heterocycles. The number of aromatic nitrogens is 2. The number of nitrogens with one attached hydrogen (secondary N) is 1. The second-order valence-corrected chi connectivity index (χ2v) is 4.27. The molecule has 1 heterocycles. The zero-order valence-electron chi connectivity index (χ0n) is 10.3. The second-order valence-electron chi connectivity index (χ2n) is 3.47. The van der Waals surface area contributed by atoms with Crippen molar-refractivity contribution in [2.24, 2.45) is 0 Å². The van der Waals surface area contributed by atoms with Gasteiger partial charge in [-0.15, -0.1) is 0 Å². The van der Waals surface area contributed by atoms with Crippen molar-refractivity contribution in [3.05, 3.63) is 23.1 Å². The number of benzene rings is 1. The fourth-order valence-electron chi connectivity index (χ4n) is 1.69. The van der Waals surface area contributed by atoms with E-state index in [0.717, 1.165) is 15.9 Å². The van der Waals surface area contributed by atoms with Crippen molar-refractivity contribution in [2.75, 3.05) is 21.3 Å². The van der Waals surface area contributed by atoms with Gasteiger partial charge in [0.25, 0.3) is 0 Å². The Morgan fingerprint density at radius 2 is 1.67 bits per heavy atom. The van der Waals surface area contributed by atoms with Gasteiger partial charge >= 0.3 is 0 Å². The third-order valence-electron chi connectivity index (χ3n) is 2.54. The molecule has 0 fully saturated rings. The van der Waals surface area contributed by atoms with Crippen molar-refractivity contribution in [3.63, 3.8) is 0 Å². The van der Waals surface area contributed by atoms with Crippen molar-refractivity contribution in [3.8, 4) is 28.5 Å². The molecule has 0 aliphatic heterocycles. The molecule has 0 radical (unpaired) electrons. The van der Waals surface area contributed by atoms with Crippen LogP contribution in [0.3, 0.4) is 0 Å². The minimum atomic E-state index is 0.638. The van der Waals surface area contributed by atoms with Crippen LogP contribution in [0.15, 0.2) is 23.1 Å². The highest BCUT2D eigenvalue weighted by atomic mass is 79.9. The predicted molar refractivity (Wildman–Crippen MR) is 71.4 cm³/mol. The first kappa shape index (κ1) is 12.8. The lowest BCUT2D eigenvalue weighted by atomic mass is 10.1. The lowest BCUT2D eigenvalue weighted by Gasteiger charge is -2.13. The number of methoxy groups -OCH3 is 3. The molecule has 1 aromatic carbocycles. The van der Waals surface area contributed by atoms with E-state index in [4.69, 9.17) is 14.2 Å². The zero-order valence-corrected chi connectivity index (χ0v) is 11.9. The molecule has 18 heavy (non-hydrogen) atoms. The van der Waals surface area contributed by atoms with E-state index in [9.17, 15) is 0 Å². The zero-order chi connectivity index (χ0) is 13.1. The van der Waals surface area contributed by atoms with Gasteiger partial charge in [0.1, 0.15) is 27.5 Å². The first-order chi connectivity index (χ1) is 8.71. The lowest BCUT2D eigenvalue weighted by Crippen LogP contribution is -1.95. The summed E-state index contributed by atoms with van der Waals surface area (Å²) in [5.74, 6) is 1.94. The quantitative estimate of drug-likeness (QED) is 0.943. The number of nitrogens with zero attached hydrogens (tertiary/aromatic N) is 1. The number of halogens is 1. The van der Waals surface area contributed by atoms with E-state index >= 15 is 0 Å². The van der Waals surface area contributed by atoms with Gasteiger partial charge < -0.3 is 19.2 Å². The Kier molecular flexibility index (Phi) is 3.76. The third kappa shape index (κ3) is 2.15. The van der Waals surface area contributed by atoms with Gasteiger partial charge in [-0.2, -0.15) is 0 Å². The Morgan fingerprint density at radius 3 is 2.06 bits per heavy atom. The summed E-state index contributed by atoms with van der Waals surface area (Å²) in [6.07, 6.45) is 1.60. The third-order valence-corrected chi connectivity index (χ3v) is 3.15. The van der Waals surface area contributed by atoms with Crippen LogP contribution < -0.4 is 14.2 Å². The van der Waals surface area contributed by atoms with Gasteiger partial charge in [-0.1, -0.05) is 0 Å². The summed E-state index contributed by atoms with van der Waals surface area (Å²) in [6.45, 7) is 0. The van der Waals surface area contributed by atoms with Crippen LogP contribution in [0.2, 0.25) is 0 Å². The van der Waals surface area contributed by atoms with Crippen LogP contribution in [0.25, 0.3) is 11.3 Å². The summed E-state index contributed by atoms with van der Waals surface area (Å²) in [5, 5.41) is 0. The molecule has 0 spiro atoms. The van der Waals surface area contributed by atoms with E-state index in [-0.39, 0.29) is 0 Å². The van der Waals surface area contributed by atoms with E-state index in [1.54, 1.807) is 39.8 Å². The number of rotatable bonds is 4. The number of aromatic amines is 1. The van der Waals surface area contributed by atoms with Gasteiger partial charge in [0.2, 0.25) is 0 Å². The molecule has 1 N–H and O–H groups in total. The molecule has 0 atom stereocenters. The molecule has 0 saturated heterocycles. The van der Waals surface area contributed by atoms with Crippen molar-refractivity contribution < 1.29 is 14.2 Å². The Labute approximate surface area is 113 Å². The normalized spacial score (nSPS) is 10.2. The molecule has 96 valence electrons. The van der Waals surface area contributed by atoms with E-state index < -0.39 is 0 Å². The highest BCUT2D eigenvalue weighted by Crippen LogP contribution is 2.42. The van der Waals surface area contributed by atoms with E-state index in [2.05, 4.69) is 25.9 Å². The van der Waals surface area contributed by atoms with Gasteiger partial charge in [0.15, 0.2) is 0 Å². The predicted octanol–water partition coefficient (Wildman–Crippen LogP) is 2.87. The monoisotopic (exact) mass is 312 g/mol. The molecule has 0 aliphatic carbocycles. The van der Waals surface area contributed by atoms with Gasteiger partial charge in [-0.25, -0.2) is 4.98 Å². The molecule has 6 heteroatoms. The number of hydrogen-bond acceptors (Lipinski definition) is 4. The SMILES string of the molecule is COc1cc(OC)c(-c2nc[nH]c2Br)c(OC)c1. The van der Waals surface area contributed by atoms with Crippen LogP contribution in [0.4, 0.5) is 0 Å². The minimum Gasteiger partial charge on any atom is -0.496 e. The first-order valence-electron chi connectivity index (χ1n) is 5.20. The van der Waals surface area contributed by atoms with Gasteiger partial charge in [-0.05, 0) is 15.9 Å². The van der Waals surface area contributed by atoms with Crippen LogP contribution in [-0.2, 0) is 0 Å². The average molecular weight is 313 g/mol. The summed E-state index contributed by atoms with van der Waals surface area (Å²) < 4.78 is 16.7. The Morgan fingerprint density at radius 1 is 1.06 bits per heavy atom. The van der Waals surface area contributed by atoms with Crippen LogP contribution >= 0.6 is 15.9 Å². The Balaban J connectivity index is 2.68. The maximum atomic E-state index is 5.37. The van der Waals surface area contributed by atoms with Gasteiger partial charge in [0, 0.05) is 12.1 Å². The molecule has 0 amide bonds. The highest BCUT2D eigenvalue weighted by Gasteiger charge is 2.19. The number of ether oxygens (including phenoxy) is 3. The molecule has 0 saturated carbocycles. The van der Waals surface area contributed by atoms with E-state index in [0.29, 0.717) is 17.2 Å². The van der Waals surface area contributed by atoms with Gasteiger partial charge in [-0.3, -0.25) is 0 Å². The fraction of sp³-hybridized carbons (Fsp3) is 0.250. The smallest absolute Gasteiger partial charge is 0.135 e. The minimum absolute atomic E-state index is 0.638. The lowest BCUT2D eigenvalue weighted by molar-refractivity contribution is 0.377. The fourth-order valence-corrected chi connectivity index (χ4v) is 2.09. The largest absolute Gasteiger partial charge is 0.496 e. The molecule has 0 bridgehead atoms. The number of hydrogen-bond donors (Lipinski definition) is 1. The molecule has 0 aliphatic rings. The Bertz CT molecular complexity index is 529. The van der Waals surface area contributed by atoms with E-state index in [1.165, 1.54) is 0 Å². The molecular formula is C12H13BrN2O3. The van der Waals surface area contributed by atoms with Gasteiger partial charge in [0.05, 0.1) is 33.2 Å². The van der Waals surface area contributed by atoms with Crippen molar-refractivity contribution in [1.29, 1.82) is 0 Å². The maximum absolute atomic E-state index is 5.37. The van der Waals surface area contributed by atoms with Crippen molar-refractivity contribution in [1.82, 2.24) is 9.97 Å². The number of H-pyrrole nitrogens is 1. The molecule has 2 aromatic rings. The number of imidazole rings is 1. The first-order valence-corrected chi connectivity index (χ1v) is 5.99. The van der Waals surface area contributed by atoms with Crippen LogP contribution in [0.5, 0.6) is 17.2 Å². The summed E-state index contributed by atoms with van der Waals surface area (Å²) in [6, 6.07) is 3.58. The van der Waals surface area contributed by atoms with E-state index in [1.807, 2.05) is 0 Å². The summed E-state index contributed by atoms with van der Waals surface area (Å²) >= 11 is 3.40. The molecule has 2 rings (SSSR count). The molecule has 5 nitrogen and oxygen atoms in total. The van der Waals surface area contributed by atoms with Crippen molar-refractivity contribution >= 4 is 15.9 Å². The standard InChI is InChI=1S/C12H13BrN2O3/c1-16-7-4-8(17-2)10(9(5-7)18-3)11-12(13)15-6-14-11/h4-6H,1-3H3,(H,14,15). The van der Waals surface area contributed by atoms with Crippen LogP contribution in [-0.4, -0.2) is 31.3 Å². The molecular weight excluding hydrogens is 300 g/mol. The maximum Gasteiger partial charge on any atom is 0.135 e. The van der Waals surface area contributed by atoms with Crippen LogP contribution in [0, 0.1) is 0 Å².